The first-order valence-corrected chi connectivity index (χ1v) is 16.1. The second kappa shape index (κ2) is 14.2. The molecule has 240 valence electrons. The minimum Gasteiger partial charge on any atom is -0.477 e. The number of rotatable bonds is 13. The van der Waals surface area contributed by atoms with Gasteiger partial charge in [-0.1, -0.05) is 6.92 Å². The summed E-state index contributed by atoms with van der Waals surface area (Å²) in [5.41, 5.74) is 0.438. The van der Waals surface area contributed by atoms with Crippen LogP contribution >= 0.6 is 23.5 Å². The van der Waals surface area contributed by atoms with Crippen LogP contribution in [0.4, 0.5) is 10.5 Å². The number of carbonyl (C=O) groups excluding carboxylic acids is 3. The molecule has 0 radical (unpaired) electrons. The van der Waals surface area contributed by atoms with Crippen molar-refractivity contribution in [3.63, 3.8) is 0 Å². The van der Waals surface area contributed by atoms with Gasteiger partial charge in [0.2, 0.25) is 11.8 Å². The molecule has 2 N–H and O–H groups in total. The molecular formula is C28H36N4O10S2. The molecule has 3 heterocycles. The van der Waals surface area contributed by atoms with Crippen LogP contribution in [0.5, 0.6) is 0 Å². The summed E-state index contributed by atoms with van der Waals surface area (Å²) in [5.74, 6) is -1.77. The summed E-state index contributed by atoms with van der Waals surface area (Å²) in [4.78, 5) is 69.1. The molecule has 2 saturated heterocycles. The van der Waals surface area contributed by atoms with Crippen LogP contribution in [0.1, 0.15) is 32.3 Å². The van der Waals surface area contributed by atoms with Crippen LogP contribution in [-0.2, 0) is 30.6 Å². The molecule has 0 aliphatic carbocycles. The summed E-state index contributed by atoms with van der Waals surface area (Å²) in [5, 5.41) is 32.0. The minimum atomic E-state index is -1.21. The number of thioether (sulfide) groups is 2. The molecule has 44 heavy (non-hydrogen) atoms. The first-order valence-electron chi connectivity index (χ1n) is 14.1. The van der Waals surface area contributed by atoms with Crippen molar-refractivity contribution in [2.75, 3.05) is 32.2 Å². The molecule has 4 rings (SSSR count). The Labute approximate surface area is 262 Å². The molecule has 0 aromatic heterocycles. The Morgan fingerprint density at radius 3 is 2.52 bits per heavy atom. The van der Waals surface area contributed by atoms with E-state index in [1.54, 1.807) is 4.90 Å². The Kier molecular flexibility index (Phi) is 10.8. The van der Waals surface area contributed by atoms with E-state index >= 15 is 0 Å². The number of carbonyl (C=O) groups is 4. The quantitative estimate of drug-likeness (QED) is 0.138. The number of β-lactam (4-membered cyclic amide) rings is 1. The number of likely N-dealkylation sites (tertiary alicyclic amines) is 1. The summed E-state index contributed by atoms with van der Waals surface area (Å²) >= 11 is 2.84. The van der Waals surface area contributed by atoms with Gasteiger partial charge in [-0.05, 0) is 31.0 Å². The molecule has 6 atom stereocenters. The number of amides is 3. The molecular weight excluding hydrogens is 616 g/mol. The molecule has 0 saturated carbocycles. The number of carboxylic acids is 1. The van der Waals surface area contributed by atoms with Gasteiger partial charge in [0.25, 0.3) is 5.69 Å². The Morgan fingerprint density at radius 2 is 1.93 bits per heavy atom. The number of fused-ring (bicyclic) bond motifs is 1. The predicted molar refractivity (Wildman–Crippen MR) is 161 cm³/mol. The molecule has 16 heteroatoms. The number of aliphatic hydroxyl groups is 1. The lowest BCUT2D eigenvalue weighted by atomic mass is 9.79. The van der Waals surface area contributed by atoms with Crippen molar-refractivity contribution in [3.8, 4) is 0 Å². The van der Waals surface area contributed by atoms with Crippen molar-refractivity contribution in [1.29, 1.82) is 0 Å². The van der Waals surface area contributed by atoms with Crippen LogP contribution < -0.4 is 0 Å². The standard InChI is InChI=1S/C28H36N4O10S2/c1-15-23-22(16(2)33)26(35)31(23)24(27(36)37)25(15)44-20-11-19(14-43-10-9-21(34)29(3)41-4)30(12-20)28(38)42-13-17-5-7-18(8-6-17)32(39)40/h5-8,15-16,19-20,22-23,33H,9-14H2,1-4H3,(H,36,37)/t15-,16-,19+,20+,22-,23-/m1/s1. The van der Waals surface area contributed by atoms with Crippen molar-refractivity contribution in [2.45, 2.75) is 56.7 Å². The molecule has 0 unspecified atom stereocenters. The van der Waals surface area contributed by atoms with Crippen molar-refractivity contribution in [1.82, 2.24) is 14.9 Å². The Hall–Kier alpha value is -3.34. The van der Waals surface area contributed by atoms with Crippen LogP contribution in [0.15, 0.2) is 34.9 Å². The van der Waals surface area contributed by atoms with Gasteiger partial charge >= 0.3 is 12.1 Å². The van der Waals surface area contributed by atoms with Crippen LogP contribution in [-0.4, -0.2) is 110 Å². The zero-order chi connectivity index (χ0) is 32.3. The van der Waals surface area contributed by atoms with Gasteiger partial charge in [-0.2, -0.15) is 11.8 Å². The highest BCUT2D eigenvalue weighted by Gasteiger charge is 2.60. The number of benzene rings is 1. The maximum absolute atomic E-state index is 13.3. The number of non-ortho nitro benzene ring substituents is 1. The first kappa shape index (κ1) is 33.6. The number of hydroxylamine groups is 2. The van der Waals surface area contributed by atoms with Gasteiger partial charge in [0.05, 0.1) is 30.1 Å². The second-order valence-corrected chi connectivity index (χ2v) is 13.4. The summed E-state index contributed by atoms with van der Waals surface area (Å²) in [6.07, 6.45) is -0.716. The zero-order valence-corrected chi connectivity index (χ0v) is 26.4. The Morgan fingerprint density at radius 1 is 1.25 bits per heavy atom. The number of hydrogen-bond donors (Lipinski definition) is 2. The molecule has 3 amide bonds. The van der Waals surface area contributed by atoms with Crippen LogP contribution in [0.2, 0.25) is 0 Å². The van der Waals surface area contributed by atoms with Crippen molar-refractivity contribution in [3.05, 3.63) is 50.5 Å². The number of nitro groups is 1. The molecule has 0 bridgehead atoms. The van der Waals surface area contributed by atoms with Gasteiger partial charge in [0.1, 0.15) is 12.3 Å². The number of hydrogen-bond acceptors (Lipinski definition) is 11. The van der Waals surface area contributed by atoms with Gasteiger partial charge in [0, 0.05) is 65.8 Å². The van der Waals surface area contributed by atoms with Gasteiger partial charge in [0.15, 0.2) is 0 Å². The van der Waals surface area contributed by atoms with E-state index in [2.05, 4.69) is 0 Å². The SMILES string of the molecule is CON(C)C(=O)CCSC[C@@H]1C[C@H](SC2=C(C(=O)O)N3C(=O)[C@H]([C@@H](C)O)[C@H]3[C@H]2C)CN1C(=O)OCc1ccc([N+](=O)[O-])cc1. The van der Waals surface area contributed by atoms with Gasteiger partial charge in [-0.3, -0.25) is 24.5 Å². The van der Waals surface area contributed by atoms with Gasteiger partial charge < -0.3 is 24.7 Å². The number of nitro benzene ring substituents is 1. The topological polar surface area (TPSA) is 180 Å². The highest BCUT2D eigenvalue weighted by atomic mass is 32.2. The third-order valence-corrected chi connectivity index (χ3v) is 10.7. The first-order chi connectivity index (χ1) is 20.8. The lowest BCUT2D eigenvalue weighted by molar-refractivity contribution is -0.384. The zero-order valence-electron chi connectivity index (χ0n) is 24.8. The normalized spacial score (nSPS) is 25.0. The fraction of sp³-hybridized carbons (Fsp3) is 0.571. The Bertz CT molecular complexity index is 1320. The third kappa shape index (κ3) is 6.98. The van der Waals surface area contributed by atoms with E-state index in [0.29, 0.717) is 28.4 Å². The van der Waals surface area contributed by atoms with E-state index in [4.69, 9.17) is 9.57 Å². The molecule has 2 fully saturated rings. The van der Waals surface area contributed by atoms with Gasteiger partial charge in [-0.25, -0.2) is 14.7 Å². The fourth-order valence-corrected chi connectivity index (χ4v) is 8.42. The van der Waals surface area contributed by atoms with Crippen molar-refractivity contribution in [2.24, 2.45) is 11.8 Å². The minimum absolute atomic E-state index is 0.0692. The predicted octanol–water partition coefficient (Wildman–Crippen LogP) is 2.70. The number of ether oxygens (including phenoxy) is 1. The van der Waals surface area contributed by atoms with E-state index in [0.717, 1.165) is 5.06 Å². The van der Waals surface area contributed by atoms with Crippen molar-refractivity contribution < 1.29 is 43.9 Å². The molecule has 1 aromatic carbocycles. The fourth-order valence-electron chi connectivity index (χ4n) is 5.78. The molecule has 3 aliphatic heterocycles. The lowest BCUT2D eigenvalue weighted by Crippen LogP contribution is -2.63. The number of aliphatic carboxylic acids is 1. The average molecular weight is 653 g/mol. The molecule has 14 nitrogen and oxygen atoms in total. The highest BCUT2D eigenvalue weighted by molar-refractivity contribution is 8.03. The number of nitrogens with zero attached hydrogens (tertiary/aromatic N) is 4. The lowest BCUT2D eigenvalue weighted by Gasteiger charge is -2.46. The molecule has 0 spiro atoms. The van der Waals surface area contributed by atoms with Crippen LogP contribution in [0, 0.1) is 22.0 Å². The largest absolute Gasteiger partial charge is 0.477 e. The maximum atomic E-state index is 13.3. The summed E-state index contributed by atoms with van der Waals surface area (Å²) in [6.45, 7) is 3.55. The van der Waals surface area contributed by atoms with Crippen LogP contribution in [0.3, 0.4) is 0 Å². The van der Waals surface area contributed by atoms with E-state index in [9.17, 15) is 39.5 Å². The number of aliphatic hydroxyl groups excluding tert-OH is 1. The molecule has 1 aromatic rings. The second-order valence-electron chi connectivity index (χ2n) is 10.9. The van der Waals surface area contributed by atoms with E-state index in [1.807, 2.05) is 6.92 Å². The van der Waals surface area contributed by atoms with Crippen molar-refractivity contribution >= 4 is 53.1 Å². The van der Waals surface area contributed by atoms with Crippen LogP contribution in [0.25, 0.3) is 0 Å². The van der Waals surface area contributed by atoms with E-state index in [1.165, 1.54) is 73.8 Å². The monoisotopic (exact) mass is 652 g/mol. The summed E-state index contributed by atoms with van der Waals surface area (Å²) in [7, 11) is 2.93. The maximum Gasteiger partial charge on any atom is 0.410 e. The third-order valence-electron chi connectivity index (χ3n) is 8.12. The number of carboxylic acid groups (broad SMARTS) is 1. The molecule has 3 aliphatic rings. The van der Waals surface area contributed by atoms with Gasteiger partial charge in [-0.15, -0.1) is 11.8 Å². The summed E-state index contributed by atoms with van der Waals surface area (Å²) in [6, 6.07) is 4.99. The average Bonchev–Trinajstić information content (AvgIpc) is 3.49. The van der Waals surface area contributed by atoms with E-state index < -0.39 is 41.0 Å². The Balaban J connectivity index is 1.46. The highest BCUT2D eigenvalue weighted by Crippen LogP contribution is 2.52. The van der Waals surface area contributed by atoms with E-state index in [-0.39, 0.29) is 54.1 Å². The summed E-state index contributed by atoms with van der Waals surface area (Å²) < 4.78 is 5.57. The smallest absolute Gasteiger partial charge is 0.410 e.